The first kappa shape index (κ1) is 23.1. The molecule has 0 fully saturated rings. The van der Waals surface area contributed by atoms with Crippen molar-refractivity contribution in [1.29, 1.82) is 0 Å². The Labute approximate surface area is 179 Å². The molecule has 0 saturated carbocycles. The van der Waals surface area contributed by atoms with E-state index in [9.17, 15) is 4.79 Å². The molecule has 0 aliphatic rings. The Morgan fingerprint density at radius 1 is 1.20 bits per heavy atom. The lowest BCUT2D eigenvalue weighted by molar-refractivity contribution is -0.117. The largest absolute Gasteiger partial charge is 0.497 e. The van der Waals surface area contributed by atoms with Crippen molar-refractivity contribution in [3.05, 3.63) is 90.0 Å². The lowest BCUT2D eigenvalue weighted by Gasteiger charge is -2.13. The fourth-order valence-electron chi connectivity index (χ4n) is 3.11. The van der Waals surface area contributed by atoms with E-state index in [1.165, 1.54) is 6.08 Å². The number of aliphatic hydroxyl groups is 1. The molecular formula is C27H30O3. The molecule has 0 heterocycles. The van der Waals surface area contributed by atoms with Gasteiger partial charge in [0, 0.05) is 0 Å². The Kier molecular flexibility index (Phi) is 8.57. The van der Waals surface area contributed by atoms with Crippen LogP contribution in [0.25, 0.3) is 22.8 Å². The topological polar surface area (TPSA) is 46.5 Å². The van der Waals surface area contributed by atoms with Gasteiger partial charge in [0.25, 0.3) is 0 Å². The molecule has 156 valence electrons. The Morgan fingerprint density at radius 2 is 1.97 bits per heavy atom. The van der Waals surface area contributed by atoms with Gasteiger partial charge in [-0.15, -0.1) is 0 Å². The van der Waals surface area contributed by atoms with Gasteiger partial charge in [0.1, 0.15) is 12.4 Å². The van der Waals surface area contributed by atoms with Gasteiger partial charge in [-0.1, -0.05) is 75.1 Å². The zero-order valence-electron chi connectivity index (χ0n) is 18.2. The third kappa shape index (κ3) is 6.16. The highest BCUT2D eigenvalue weighted by molar-refractivity contribution is 5.95. The van der Waals surface area contributed by atoms with Crippen LogP contribution in [-0.4, -0.2) is 24.6 Å². The van der Waals surface area contributed by atoms with Crippen molar-refractivity contribution in [2.45, 2.75) is 20.8 Å². The number of ether oxygens (including phenoxy) is 1. The van der Waals surface area contributed by atoms with E-state index in [1.807, 2.05) is 24.3 Å². The van der Waals surface area contributed by atoms with E-state index >= 15 is 0 Å². The van der Waals surface area contributed by atoms with Crippen LogP contribution in [0.2, 0.25) is 0 Å². The first-order valence-corrected chi connectivity index (χ1v) is 10.0. The molecule has 2 rings (SSSR count). The Morgan fingerprint density at radius 3 is 2.57 bits per heavy atom. The standard InChI is InChI=1S/C27H30O3/c1-6-21(9-7-8-19(2)3)26-14-11-22(16-20(26)4)27-15-13-25(30-5)17-23(27)10-12-24(29)18-28/h6-17,19,28H,1,18H2,2-5H3/b8-7-,12-10+,21-9+. The van der Waals surface area contributed by atoms with E-state index < -0.39 is 6.61 Å². The maximum Gasteiger partial charge on any atom is 0.181 e. The van der Waals surface area contributed by atoms with E-state index in [0.29, 0.717) is 11.7 Å². The SMILES string of the molecule is C=C/C(=C\C=C/C(C)C)c1ccc(-c2ccc(OC)cc2/C=C/C(=O)CO)cc1C. The molecule has 0 saturated heterocycles. The predicted molar refractivity (Wildman–Crippen MR) is 126 cm³/mol. The molecule has 3 heteroatoms. The molecule has 30 heavy (non-hydrogen) atoms. The molecule has 0 aliphatic heterocycles. The number of carbonyl (C=O) groups is 1. The first-order chi connectivity index (χ1) is 14.4. The van der Waals surface area contributed by atoms with Crippen LogP contribution >= 0.6 is 0 Å². The molecule has 0 amide bonds. The second-order valence-corrected chi connectivity index (χ2v) is 7.40. The highest BCUT2D eigenvalue weighted by Crippen LogP contribution is 2.31. The number of benzene rings is 2. The molecule has 0 atom stereocenters. The van der Waals surface area contributed by atoms with Crippen molar-refractivity contribution in [3.8, 4) is 16.9 Å². The van der Waals surface area contributed by atoms with Crippen LogP contribution in [0.1, 0.15) is 30.5 Å². The van der Waals surface area contributed by atoms with Gasteiger partial charge in [0.2, 0.25) is 0 Å². The van der Waals surface area contributed by atoms with Crippen molar-refractivity contribution in [1.82, 2.24) is 0 Å². The molecular weight excluding hydrogens is 372 g/mol. The number of carbonyl (C=O) groups excluding carboxylic acids is 1. The van der Waals surface area contributed by atoms with E-state index in [-0.39, 0.29) is 5.78 Å². The van der Waals surface area contributed by atoms with Gasteiger partial charge in [-0.2, -0.15) is 0 Å². The minimum atomic E-state index is -0.508. The number of methoxy groups -OCH3 is 1. The number of ketones is 1. The fourth-order valence-corrected chi connectivity index (χ4v) is 3.11. The fraction of sp³-hybridized carbons (Fsp3) is 0.222. The van der Waals surface area contributed by atoms with Crippen LogP contribution in [0.15, 0.2) is 73.4 Å². The van der Waals surface area contributed by atoms with Gasteiger partial charge in [-0.25, -0.2) is 0 Å². The molecule has 3 nitrogen and oxygen atoms in total. The van der Waals surface area contributed by atoms with Crippen LogP contribution in [0.4, 0.5) is 0 Å². The normalized spacial score (nSPS) is 12.1. The van der Waals surface area contributed by atoms with Crippen LogP contribution in [-0.2, 0) is 4.79 Å². The molecule has 2 aromatic carbocycles. The highest BCUT2D eigenvalue weighted by atomic mass is 16.5. The minimum Gasteiger partial charge on any atom is -0.497 e. The first-order valence-electron chi connectivity index (χ1n) is 10.0. The van der Waals surface area contributed by atoms with Gasteiger partial charge >= 0.3 is 0 Å². The maximum atomic E-state index is 11.5. The summed E-state index contributed by atoms with van der Waals surface area (Å²) in [6.07, 6.45) is 11.3. The van der Waals surface area contributed by atoms with Crippen LogP contribution < -0.4 is 4.74 Å². The molecule has 1 N–H and O–H groups in total. The third-order valence-electron chi connectivity index (χ3n) is 4.70. The Hall–Kier alpha value is -3.17. The number of allylic oxidation sites excluding steroid dienone is 5. The lowest BCUT2D eigenvalue weighted by atomic mass is 9.93. The zero-order valence-corrected chi connectivity index (χ0v) is 18.2. The van der Waals surface area contributed by atoms with Crippen LogP contribution in [0, 0.1) is 12.8 Å². The van der Waals surface area contributed by atoms with Crippen LogP contribution in [0.5, 0.6) is 5.75 Å². The third-order valence-corrected chi connectivity index (χ3v) is 4.70. The second-order valence-electron chi connectivity index (χ2n) is 7.40. The Balaban J connectivity index is 2.48. The number of rotatable bonds is 9. The smallest absolute Gasteiger partial charge is 0.181 e. The van der Waals surface area contributed by atoms with Gasteiger partial charge in [0.15, 0.2) is 5.78 Å². The van der Waals surface area contributed by atoms with Crippen LogP contribution in [0.3, 0.4) is 0 Å². The summed E-state index contributed by atoms with van der Waals surface area (Å²) >= 11 is 0. The molecule has 0 aromatic heterocycles. The van der Waals surface area contributed by atoms with Crippen molar-refractivity contribution in [2.24, 2.45) is 5.92 Å². The van der Waals surface area contributed by atoms with E-state index in [1.54, 1.807) is 13.2 Å². The monoisotopic (exact) mass is 402 g/mol. The molecule has 0 bridgehead atoms. The van der Waals surface area contributed by atoms with Gasteiger partial charge in [0.05, 0.1) is 7.11 Å². The van der Waals surface area contributed by atoms with Crippen molar-refractivity contribution in [2.75, 3.05) is 13.7 Å². The summed E-state index contributed by atoms with van der Waals surface area (Å²) in [5, 5.41) is 8.99. The van der Waals surface area contributed by atoms with Crippen molar-refractivity contribution >= 4 is 17.4 Å². The number of aliphatic hydroxyl groups excluding tert-OH is 1. The average Bonchev–Trinajstić information content (AvgIpc) is 2.75. The Bertz CT molecular complexity index is 991. The van der Waals surface area contributed by atoms with Crippen molar-refractivity contribution in [3.63, 3.8) is 0 Å². The summed E-state index contributed by atoms with van der Waals surface area (Å²) in [5.41, 5.74) is 6.20. The summed E-state index contributed by atoms with van der Waals surface area (Å²) in [6.45, 7) is 9.82. The zero-order chi connectivity index (χ0) is 22.1. The molecule has 0 unspecified atom stereocenters. The second kappa shape index (κ2) is 11.1. The summed E-state index contributed by atoms with van der Waals surface area (Å²) in [5.74, 6) is 0.859. The van der Waals surface area contributed by atoms with E-state index in [2.05, 4.69) is 63.8 Å². The summed E-state index contributed by atoms with van der Waals surface area (Å²) < 4.78 is 5.33. The number of aryl methyl sites for hydroxylation is 1. The summed E-state index contributed by atoms with van der Waals surface area (Å²) in [6, 6.07) is 12.1. The van der Waals surface area contributed by atoms with Gasteiger partial charge in [-0.05, 0) is 64.4 Å². The molecule has 0 radical (unpaired) electrons. The highest BCUT2D eigenvalue weighted by Gasteiger charge is 2.09. The van der Waals surface area contributed by atoms with Gasteiger partial charge in [-0.3, -0.25) is 4.79 Å². The van der Waals surface area contributed by atoms with Crippen molar-refractivity contribution < 1.29 is 14.6 Å². The molecule has 0 spiro atoms. The summed E-state index contributed by atoms with van der Waals surface area (Å²) in [7, 11) is 1.61. The number of hydrogen-bond acceptors (Lipinski definition) is 3. The average molecular weight is 403 g/mol. The van der Waals surface area contributed by atoms with E-state index in [0.717, 1.165) is 33.4 Å². The predicted octanol–water partition coefficient (Wildman–Crippen LogP) is 6.03. The maximum absolute atomic E-state index is 11.5. The quantitative estimate of drug-likeness (QED) is 0.412. The minimum absolute atomic E-state index is 0.342. The number of hydrogen-bond donors (Lipinski definition) is 1. The summed E-state index contributed by atoms with van der Waals surface area (Å²) in [4.78, 5) is 11.5. The van der Waals surface area contributed by atoms with Gasteiger partial charge < -0.3 is 9.84 Å². The molecule has 0 aliphatic carbocycles. The molecule has 2 aromatic rings. The lowest BCUT2D eigenvalue weighted by Crippen LogP contribution is -1.98. The van der Waals surface area contributed by atoms with E-state index in [4.69, 9.17) is 9.84 Å².